The molecule has 148 valence electrons. The highest BCUT2D eigenvalue weighted by Crippen LogP contribution is 2.29. The van der Waals surface area contributed by atoms with Crippen molar-refractivity contribution in [3.8, 4) is 0 Å². The number of anilines is 1. The normalized spacial score (nSPS) is 15.2. The second kappa shape index (κ2) is 7.50. The highest BCUT2D eigenvalue weighted by molar-refractivity contribution is 7.20. The van der Waals surface area contributed by atoms with E-state index in [1.807, 2.05) is 11.6 Å². The number of rotatable bonds is 4. The Kier molecular flexibility index (Phi) is 5.05. The van der Waals surface area contributed by atoms with Crippen LogP contribution in [0.5, 0.6) is 0 Å². The fraction of sp³-hybridized carbons (Fsp3) is 0.500. The highest BCUT2D eigenvalue weighted by atomic mass is 32.1. The molecule has 28 heavy (non-hydrogen) atoms. The minimum absolute atomic E-state index is 0.0145. The molecule has 1 N–H and O–H groups in total. The Bertz CT molecular complexity index is 1090. The predicted molar refractivity (Wildman–Crippen MR) is 111 cm³/mol. The van der Waals surface area contributed by atoms with E-state index in [2.05, 4.69) is 24.3 Å². The topological polar surface area (TPSA) is 81.8 Å². The van der Waals surface area contributed by atoms with Gasteiger partial charge in [0.1, 0.15) is 16.5 Å². The third-order valence-corrected chi connectivity index (χ3v) is 6.72. The van der Waals surface area contributed by atoms with Crippen molar-refractivity contribution in [3.63, 3.8) is 0 Å². The van der Waals surface area contributed by atoms with Crippen LogP contribution in [0.1, 0.15) is 66.6 Å². The fourth-order valence-electron chi connectivity index (χ4n) is 3.74. The Balaban J connectivity index is 1.73. The minimum atomic E-state index is -0.217. The standard InChI is InChI=1S/C20H25N5O2S/c1-4-12(2)25-15(9-10-21-25)22-18(26)17-13(3)16-19(28-17)23-14-8-6-5-7-11-24(14)20(16)27/h9-10,12H,4-8,11H2,1-3H3,(H,22,26). The van der Waals surface area contributed by atoms with E-state index in [0.29, 0.717) is 33.0 Å². The molecule has 1 aliphatic rings. The molecule has 0 bridgehead atoms. The van der Waals surface area contributed by atoms with Crippen molar-refractivity contribution in [2.45, 2.75) is 65.5 Å². The Hall–Kier alpha value is -2.48. The summed E-state index contributed by atoms with van der Waals surface area (Å²) in [6.07, 6.45) is 6.58. The average molecular weight is 400 g/mol. The lowest BCUT2D eigenvalue weighted by Crippen LogP contribution is -2.24. The van der Waals surface area contributed by atoms with Crippen molar-refractivity contribution in [1.82, 2.24) is 19.3 Å². The number of nitrogens with one attached hydrogen (secondary N) is 1. The molecule has 0 aliphatic carbocycles. The van der Waals surface area contributed by atoms with Crippen LogP contribution in [0, 0.1) is 6.92 Å². The second-order valence-electron chi connectivity index (χ2n) is 7.40. The zero-order valence-electron chi connectivity index (χ0n) is 16.5. The van der Waals surface area contributed by atoms with Crippen molar-refractivity contribution in [2.75, 3.05) is 5.32 Å². The van der Waals surface area contributed by atoms with E-state index in [9.17, 15) is 9.59 Å². The lowest BCUT2D eigenvalue weighted by Gasteiger charge is -2.14. The van der Waals surface area contributed by atoms with E-state index in [1.165, 1.54) is 11.3 Å². The molecule has 8 heteroatoms. The van der Waals surface area contributed by atoms with Gasteiger partial charge in [-0.3, -0.25) is 14.2 Å². The number of hydrogen-bond donors (Lipinski definition) is 1. The molecule has 4 heterocycles. The molecule has 1 atom stereocenters. The molecule has 1 unspecified atom stereocenters. The van der Waals surface area contributed by atoms with Crippen molar-refractivity contribution >= 4 is 33.3 Å². The van der Waals surface area contributed by atoms with Gasteiger partial charge in [0.25, 0.3) is 11.5 Å². The molecule has 0 radical (unpaired) electrons. The average Bonchev–Trinajstić information content (AvgIpc) is 3.18. The van der Waals surface area contributed by atoms with E-state index in [1.54, 1.807) is 16.8 Å². The summed E-state index contributed by atoms with van der Waals surface area (Å²) < 4.78 is 3.62. The number of fused-ring (bicyclic) bond motifs is 2. The van der Waals surface area contributed by atoms with Crippen LogP contribution in [0.2, 0.25) is 0 Å². The van der Waals surface area contributed by atoms with Crippen LogP contribution in [0.4, 0.5) is 5.82 Å². The summed E-state index contributed by atoms with van der Waals surface area (Å²) in [5.41, 5.74) is 0.698. The summed E-state index contributed by atoms with van der Waals surface area (Å²) in [4.78, 5) is 32.0. The SMILES string of the molecule is CCC(C)n1nccc1NC(=O)c1sc2nc3n(c(=O)c2c1C)CCCCC3. The van der Waals surface area contributed by atoms with Crippen LogP contribution in [0.3, 0.4) is 0 Å². The van der Waals surface area contributed by atoms with Gasteiger partial charge in [-0.1, -0.05) is 13.3 Å². The zero-order chi connectivity index (χ0) is 19.8. The Morgan fingerprint density at radius 1 is 1.36 bits per heavy atom. The number of carbonyl (C=O) groups is 1. The molecule has 0 saturated carbocycles. The van der Waals surface area contributed by atoms with E-state index in [4.69, 9.17) is 4.98 Å². The second-order valence-corrected chi connectivity index (χ2v) is 8.40. The predicted octanol–water partition coefficient (Wildman–Crippen LogP) is 3.91. The Morgan fingerprint density at radius 3 is 2.96 bits per heavy atom. The van der Waals surface area contributed by atoms with E-state index in [-0.39, 0.29) is 17.5 Å². The van der Waals surface area contributed by atoms with Gasteiger partial charge in [-0.15, -0.1) is 11.3 Å². The van der Waals surface area contributed by atoms with Gasteiger partial charge in [0, 0.05) is 19.0 Å². The van der Waals surface area contributed by atoms with Crippen molar-refractivity contribution < 1.29 is 4.79 Å². The van der Waals surface area contributed by atoms with Gasteiger partial charge in [-0.05, 0) is 38.7 Å². The van der Waals surface area contributed by atoms with Gasteiger partial charge < -0.3 is 5.32 Å². The molecular weight excluding hydrogens is 374 g/mol. The Morgan fingerprint density at radius 2 is 2.18 bits per heavy atom. The Labute approximate surface area is 167 Å². The summed E-state index contributed by atoms with van der Waals surface area (Å²) >= 11 is 1.30. The lowest BCUT2D eigenvalue weighted by atomic mass is 10.2. The van der Waals surface area contributed by atoms with Crippen molar-refractivity contribution in [2.24, 2.45) is 0 Å². The molecule has 0 fully saturated rings. The fourth-order valence-corrected chi connectivity index (χ4v) is 4.82. The number of amides is 1. The minimum Gasteiger partial charge on any atom is -0.306 e. The molecule has 0 aromatic carbocycles. The first kappa shape index (κ1) is 18.9. The summed E-state index contributed by atoms with van der Waals surface area (Å²) in [6.45, 7) is 6.69. The third kappa shape index (κ3) is 3.15. The molecule has 4 rings (SSSR count). The first-order valence-corrected chi connectivity index (χ1v) is 10.7. The monoisotopic (exact) mass is 399 g/mol. The van der Waals surface area contributed by atoms with Crippen LogP contribution >= 0.6 is 11.3 Å². The van der Waals surface area contributed by atoms with Crippen LogP contribution in [0.25, 0.3) is 10.2 Å². The molecule has 1 aliphatic heterocycles. The van der Waals surface area contributed by atoms with Crippen LogP contribution in [0.15, 0.2) is 17.1 Å². The van der Waals surface area contributed by atoms with Crippen LogP contribution in [-0.4, -0.2) is 25.2 Å². The molecule has 3 aromatic rings. The van der Waals surface area contributed by atoms with Gasteiger partial charge in [0.2, 0.25) is 0 Å². The van der Waals surface area contributed by atoms with Gasteiger partial charge >= 0.3 is 0 Å². The summed E-state index contributed by atoms with van der Waals surface area (Å²) in [7, 11) is 0. The quantitative estimate of drug-likeness (QED) is 0.721. The number of carbonyl (C=O) groups excluding carboxylic acids is 1. The van der Waals surface area contributed by atoms with Crippen molar-refractivity contribution in [3.05, 3.63) is 38.9 Å². The maximum Gasteiger partial charge on any atom is 0.267 e. The molecule has 1 amide bonds. The number of aromatic nitrogens is 4. The summed E-state index contributed by atoms with van der Waals surface area (Å²) in [5, 5.41) is 7.85. The van der Waals surface area contributed by atoms with Crippen LogP contribution in [-0.2, 0) is 13.0 Å². The van der Waals surface area contributed by atoms with Crippen molar-refractivity contribution in [1.29, 1.82) is 0 Å². The molecular formula is C20H25N5O2S. The van der Waals surface area contributed by atoms with Gasteiger partial charge in [-0.25, -0.2) is 9.67 Å². The summed E-state index contributed by atoms with van der Waals surface area (Å²) in [6, 6.07) is 1.98. The molecule has 0 spiro atoms. The lowest BCUT2D eigenvalue weighted by molar-refractivity contribution is 0.102. The van der Waals surface area contributed by atoms with E-state index in [0.717, 1.165) is 37.9 Å². The zero-order valence-corrected chi connectivity index (χ0v) is 17.3. The molecule has 3 aromatic heterocycles. The molecule has 7 nitrogen and oxygen atoms in total. The maximum absolute atomic E-state index is 13.1. The maximum atomic E-state index is 13.1. The van der Waals surface area contributed by atoms with Gasteiger partial charge in [0.05, 0.1) is 22.5 Å². The highest BCUT2D eigenvalue weighted by Gasteiger charge is 2.23. The number of hydrogen-bond acceptors (Lipinski definition) is 5. The summed E-state index contributed by atoms with van der Waals surface area (Å²) in [5.74, 6) is 1.29. The van der Waals surface area contributed by atoms with E-state index < -0.39 is 0 Å². The van der Waals surface area contributed by atoms with Gasteiger partial charge in [0.15, 0.2) is 0 Å². The molecule has 0 saturated heterocycles. The first-order valence-electron chi connectivity index (χ1n) is 9.89. The smallest absolute Gasteiger partial charge is 0.267 e. The number of aryl methyl sites for hydroxylation is 2. The number of thiophene rings is 1. The number of nitrogens with zero attached hydrogens (tertiary/aromatic N) is 4. The van der Waals surface area contributed by atoms with Gasteiger partial charge in [-0.2, -0.15) is 5.10 Å². The van der Waals surface area contributed by atoms with E-state index >= 15 is 0 Å². The first-order chi connectivity index (χ1) is 13.5. The third-order valence-electron chi connectivity index (χ3n) is 5.54. The van der Waals surface area contributed by atoms with Crippen LogP contribution < -0.4 is 10.9 Å². The largest absolute Gasteiger partial charge is 0.306 e.